The Labute approximate surface area is 111 Å². The van der Waals surface area contributed by atoms with Crippen molar-refractivity contribution in [3.05, 3.63) is 60.7 Å². The molecule has 0 spiro atoms. The summed E-state index contributed by atoms with van der Waals surface area (Å²) in [5, 5.41) is 11.7. The number of methoxy groups -OCH3 is 1. The van der Waals surface area contributed by atoms with Crippen LogP contribution < -0.4 is 4.74 Å². The molecule has 0 amide bonds. The number of rotatable bonds is 2. The van der Waals surface area contributed by atoms with Crippen molar-refractivity contribution >= 4 is 10.8 Å². The summed E-state index contributed by atoms with van der Waals surface area (Å²) in [5.41, 5.74) is 2.26. The SMILES string of the molecule is COc1ccc(-c2ccc3c(O)cccc3c2)cc1. The van der Waals surface area contributed by atoms with Gasteiger partial charge in [0.25, 0.3) is 0 Å². The second-order valence-electron chi connectivity index (χ2n) is 4.44. The maximum atomic E-state index is 9.78. The van der Waals surface area contributed by atoms with Gasteiger partial charge in [-0.2, -0.15) is 0 Å². The molecule has 0 saturated heterocycles. The van der Waals surface area contributed by atoms with E-state index in [4.69, 9.17) is 4.74 Å². The number of aromatic hydroxyl groups is 1. The molecule has 0 unspecified atom stereocenters. The largest absolute Gasteiger partial charge is 0.507 e. The lowest BCUT2D eigenvalue weighted by atomic mass is 10.0. The fourth-order valence-electron chi connectivity index (χ4n) is 2.23. The second-order valence-corrected chi connectivity index (χ2v) is 4.44. The molecule has 0 fully saturated rings. The molecule has 0 radical (unpaired) electrons. The third kappa shape index (κ3) is 2.13. The van der Waals surface area contributed by atoms with Crippen LogP contribution in [0.3, 0.4) is 0 Å². The van der Waals surface area contributed by atoms with Crippen LogP contribution in [0.15, 0.2) is 60.7 Å². The van der Waals surface area contributed by atoms with Gasteiger partial charge in [0.1, 0.15) is 11.5 Å². The summed E-state index contributed by atoms with van der Waals surface area (Å²) in [6, 6.07) is 19.6. The molecule has 0 bridgehead atoms. The topological polar surface area (TPSA) is 29.5 Å². The molecule has 19 heavy (non-hydrogen) atoms. The number of hydrogen-bond donors (Lipinski definition) is 1. The molecule has 0 heterocycles. The van der Waals surface area contributed by atoms with E-state index in [1.165, 1.54) is 0 Å². The van der Waals surface area contributed by atoms with E-state index >= 15 is 0 Å². The van der Waals surface area contributed by atoms with Crippen LogP contribution in [0.1, 0.15) is 0 Å². The Bertz CT molecular complexity index is 715. The predicted octanol–water partition coefficient (Wildman–Crippen LogP) is 4.22. The van der Waals surface area contributed by atoms with E-state index in [0.29, 0.717) is 5.75 Å². The second kappa shape index (κ2) is 4.65. The quantitative estimate of drug-likeness (QED) is 0.737. The van der Waals surface area contributed by atoms with Gasteiger partial charge in [0, 0.05) is 5.39 Å². The molecule has 0 saturated carbocycles. The lowest BCUT2D eigenvalue weighted by molar-refractivity contribution is 0.415. The maximum Gasteiger partial charge on any atom is 0.123 e. The molecule has 3 aromatic carbocycles. The van der Waals surface area contributed by atoms with Crippen LogP contribution in [0.5, 0.6) is 11.5 Å². The molecule has 3 rings (SSSR count). The number of hydrogen-bond acceptors (Lipinski definition) is 2. The highest BCUT2D eigenvalue weighted by molar-refractivity contribution is 5.91. The molecule has 3 aromatic rings. The van der Waals surface area contributed by atoms with Crippen molar-refractivity contribution in [2.45, 2.75) is 0 Å². The highest BCUT2D eigenvalue weighted by Gasteiger charge is 2.02. The lowest BCUT2D eigenvalue weighted by Gasteiger charge is -2.06. The van der Waals surface area contributed by atoms with Crippen molar-refractivity contribution in [3.8, 4) is 22.6 Å². The maximum absolute atomic E-state index is 9.78. The van der Waals surface area contributed by atoms with Gasteiger partial charge in [-0.1, -0.05) is 36.4 Å². The monoisotopic (exact) mass is 250 g/mol. The number of benzene rings is 3. The Hall–Kier alpha value is -2.48. The van der Waals surface area contributed by atoms with E-state index in [1.807, 2.05) is 48.5 Å². The van der Waals surface area contributed by atoms with E-state index in [0.717, 1.165) is 27.6 Å². The molecule has 0 aromatic heterocycles. The molecule has 0 aliphatic rings. The van der Waals surface area contributed by atoms with Crippen LogP contribution in [0, 0.1) is 0 Å². The van der Waals surface area contributed by atoms with Gasteiger partial charge in [-0.25, -0.2) is 0 Å². The summed E-state index contributed by atoms with van der Waals surface area (Å²) in [6.45, 7) is 0. The summed E-state index contributed by atoms with van der Waals surface area (Å²) in [5.74, 6) is 1.17. The van der Waals surface area contributed by atoms with Crippen LogP contribution in [0.4, 0.5) is 0 Å². The summed E-state index contributed by atoms with van der Waals surface area (Å²) in [6.07, 6.45) is 0. The minimum atomic E-state index is 0.318. The summed E-state index contributed by atoms with van der Waals surface area (Å²) in [7, 11) is 1.66. The minimum absolute atomic E-state index is 0.318. The molecular weight excluding hydrogens is 236 g/mol. The van der Waals surface area contributed by atoms with E-state index in [2.05, 4.69) is 6.07 Å². The van der Waals surface area contributed by atoms with Crippen LogP contribution in [0.2, 0.25) is 0 Å². The van der Waals surface area contributed by atoms with E-state index < -0.39 is 0 Å². The Morgan fingerprint density at radius 3 is 2.32 bits per heavy atom. The molecule has 1 N–H and O–H groups in total. The molecule has 94 valence electrons. The first kappa shape index (κ1) is 11.6. The van der Waals surface area contributed by atoms with Gasteiger partial charge in [-0.05, 0) is 40.8 Å². The Morgan fingerprint density at radius 1 is 0.842 bits per heavy atom. The van der Waals surface area contributed by atoms with Gasteiger partial charge in [0.2, 0.25) is 0 Å². The third-order valence-electron chi connectivity index (χ3n) is 3.28. The fourth-order valence-corrected chi connectivity index (χ4v) is 2.23. The summed E-state index contributed by atoms with van der Waals surface area (Å²) >= 11 is 0. The van der Waals surface area contributed by atoms with Crippen LogP contribution in [-0.4, -0.2) is 12.2 Å². The van der Waals surface area contributed by atoms with Crippen LogP contribution in [-0.2, 0) is 0 Å². The minimum Gasteiger partial charge on any atom is -0.507 e. The molecule has 0 aliphatic carbocycles. The van der Waals surface area contributed by atoms with Crippen molar-refractivity contribution in [2.75, 3.05) is 7.11 Å². The molecule has 0 atom stereocenters. The predicted molar refractivity (Wildman–Crippen MR) is 77.6 cm³/mol. The first-order valence-electron chi connectivity index (χ1n) is 6.14. The number of ether oxygens (including phenoxy) is 1. The van der Waals surface area contributed by atoms with Gasteiger partial charge in [0.15, 0.2) is 0 Å². The van der Waals surface area contributed by atoms with Gasteiger partial charge in [-0.15, -0.1) is 0 Å². The van der Waals surface area contributed by atoms with Gasteiger partial charge in [-0.3, -0.25) is 0 Å². The van der Waals surface area contributed by atoms with Crippen molar-refractivity contribution in [2.24, 2.45) is 0 Å². The van der Waals surface area contributed by atoms with Crippen molar-refractivity contribution in [3.63, 3.8) is 0 Å². The van der Waals surface area contributed by atoms with E-state index in [9.17, 15) is 5.11 Å². The Balaban J connectivity index is 2.09. The Morgan fingerprint density at radius 2 is 1.58 bits per heavy atom. The number of fused-ring (bicyclic) bond motifs is 1. The Kier molecular flexibility index (Phi) is 2.84. The molecule has 2 nitrogen and oxygen atoms in total. The number of phenols is 1. The summed E-state index contributed by atoms with van der Waals surface area (Å²) in [4.78, 5) is 0. The van der Waals surface area contributed by atoms with Crippen molar-refractivity contribution in [1.82, 2.24) is 0 Å². The van der Waals surface area contributed by atoms with Gasteiger partial charge < -0.3 is 9.84 Å². The highest BCUT2D eigenvalue weighted by atomic mass is 16.5. The average molecular weight is 250 g/mol. The zero-order valence-electron chi connectivity index (χ0n) is 10.6. The zero-order chi connectivity index (χ0) is 13.2. The zero-order valence-corrected chi connectivity index (χ0v) is 10.6. The normalized spacial score (nSPS) is 10.6. The first-order chi connectivity index (χ1) is 9.28. The van der Waals surface area contributed by atoms with Crippen LogP contribution in [0.25, 0.3) is 21.9 Å². The van der Waals surface area contributed by atoms with E-state index in [1.54, 1.807) is 13.2 Å². The molecular formula is C17H14O2. The van der Waals surface area contributed by atoms with Gasteiger partial charge in [0.05, 0.1) is 7.11 Å². The smallest absolute Gasteiger partial charge is 0.123 e. The van der Waals surface area contributed by atoms with Gasteiger partial charge >= 0.3 is 0 Å². The molecule has 2 heteroatoms. The van der Waals surface area contributed by atoms with Crippen molar-refractivity contribution in [1.29, 1.82) is 0 Å². The standard InChI is InChI=1S/C17H14O2/c1-19-15-8-5-12(6-9-15)13-7-10-16-14(11-13)3-2-4-17(16)18/h2-11,18H,1H3. The van der Waals surface area contributed by atoms with E-state index in [-0.39, 0.29) is 0 Å². The average Bonchev–Trinajstić information content (AvgIpc) is 2.47. The summed E-state index contributed by atoms with van der Waals surface area (Å²) < 4.78 is 5.16. The van der Waals surface area contributed by atoms with Crippen molar-refractivity contribution < 1.29 is 9.84 Å². The lowest BCUT2D eigenvalue weighted by Crippen LogP contribution is -1.83. The number of phenolic OH excluding ortho intramolecular Hbond substituents is 1. The van der Waals surface area contributed by atoms with Crippen LogP contribution >= 0.6 is 0 Å². The first-order valence-corrected chi connectivity index (χ1v) is 6.14. The highest BCUT2D eigenvalue weighted by Crippen LogP contribution is 2.29. The fraction of sp³-hybridized carbons (Fsp3) is 0.0588. The molecule has 0 aliphatic heterocycles. The third-order valence-corrected chi connectivity index (χ3v) is 3.28.